The lowest BCUT2D eigenvalue weighted by molar-refractivity contribution is -0.122. The van der Waals surface area contributed by atoms with Crippen molar-refractivity contribution in [1.29, 1.82) is 0 Å². The Morgan fingerprint density at radius 3 is 2.67 bits per heavy atom. The smallest absolute Gasteiger partial charge is 0.270 e. The van der Waals surface area contributed by atoms with Crippen LogP contribution in [0.25, 0.3) is 6.08 Å². The SMILES string of the molecule is Cc1cc(Br)ccc1N1C(=O)/C(=C\c2ccc(Cl)s2)C(=O)NC1=S. The second-order valence-corrected chi connectivity index (χ2v) is 8.08. The minimum Gasteiger partial charge on any atom is -0.298 e. The van der Waals surface area contributed by atoms with E-state index < -0.39 is 11.8 Å². The van der Waals surface area contributed by atoms with Gasteiger partial charge in [0, 0.05) is 9.35 Å². The third-order valence-electron chi connectivity index (χ3n) is 3.38. The fraction of sp³-hybridized carbons (Fsp3) is 0.0625. The number of amides is 2. The molecule has 1 fully saturated rings. The van der Waals surface area contributed by atoms with E-state index in [0.717, 1.165) is 14.9 Å². The molecule has 1 N–H and O–H groups in total. The van der Waals surface area contributed by atoms with E-state index in [4.69, 9.17) is 23.8 Å². The Morgan fingerprint density at radius 1 is 1.29 bits per heavy atom. The minimum absolute atomic E-state index is 0.0180. The number of benzene rings is 1. The molecule has 2 amide bonds. The third-order valence-corrected chi connectivity index (χ3v) is 5.34. The van der Waals surface area contributed by atoms with Gasteiger partial charge in [0.15, 0.2) is 5.11 Å². The summed E-state index contributed by atoms with van der Waals surface area (Å²) >= 11 is 15.8. The second-order valence-electron chi connectivity index (χ2n) is 5.03. The maximum atomic E-state index is 12.9. The van der Waals surface area contributed by atoms with E-state index in [2.05, 4.69) is 21.2 Å². The van der Waals surface area contributed by atoms with Gasteiger partial charge in [-0.3, -0.25) is 19.8 Å². The van der Waals surface area contributed by atoms with Gasteiger partial charge in [-0.05, 0) is 61.1 Å². The molecule has 1 aromatic heterocycles. The summed E-state index contributed by atoms with van der Waals surface area (Å²) in [6.07, 6.45) is 1.52. The highest BCUT2D eigenvalue weighted by Crippen LogP contribution is 2.29. The number of thiocarbonyl (C=S) groups is 1. The van der Waals surface area contributed by atoms with Crippen molar-refractivity contribution < 1.29 is 9.59 Å². The highest BCUT2D eigenvalue weighted by atomic mass is 79.9. The molecule has 2 aromatic rings. The lowest BCUT2D eigenvalue weighted by Crippen LogP contribution is -2.54. The number of nitrogens with one attached hydrogen (secondary N) is 1. The van der Waals surface area contributed by atoms with Crippen molar-refractivity contribution >= 4 is 79.8 Å². The molecule has 4 nitrogen and oxygen atoms in total. The van der Waals surface area contributed by atoms with Gasteiger partial charge in [0.25, 0.3) is 11.8 Å². The van der Waals surface area contributed by atoms with Gasteiger partial charge in [-0.15, -0.1) is 11.3 Å². The topological polar surface area (TPSA) is 49.4 Å². The molecular formula is C16H10BrClN2O2S2. The van der Waals surface area contributed by atoms with E-state index in [-0.39, 0.29) is 10.7 Å². The van der Waals surface area contributed by atoms with Crippen molar-refractivity contribution in [3.63, 3.8) is 0 Å². The molecule has 1 saturated heterocycles. The summed E-state index contributed by atoms with van der Waals surface area (Å²) in [5.74, 6) is -0.973. The van der Waals surface area contributed by atoms with Gasteiger partial charge in [-0.2, -0.15) is 0 Å². The third kappa shape index (κ3) is 3.30. The van der Waals surface area contributed by atoms with Gasteiger partial charge < -0.3 is 0 Å². The summed E-state index contributed by atoms with van der Waals surface area (Å²) in [5, 5.41) is 2.63. The lowest BCUT2D eigenvalue weighted by atomic mass is 10.1. The molecule has 0 radical (unpaired) electrons. The van der Waals surface area contributed by atoms with Gasteiger partial charge in [-0.1, -0.05) is 27.5 Å². The van der Waals surface area contributed by atoms with Crippen LogP contribution in [0.2, 0.25) is 4.34 Å². The Hall–Kier alpha value is -1.54. The van der Waals surface area contributed by atoms with Gasteiger partial charge >= 0.3 is 0 Å². The Labute approximate surface area is 161 Å². The number of carbonyl (C=O) groups excluding carboxylic acids is 2. The van der Waals surface area contributed by atoms with Crippen LogP contribution in [0.15, 0.2) is 40.4 Å². The molecule has 0 spiro atoms. The molecule has 24 heavy (non-hydrogen) atoms. The first kappa shape index (κ1) is 17.3. The molecule has 0 saturated carbocycles. The first-order valence-electron chi connectivity index (χ1n) is 6.80. The van der Waals surface area contributed by atoms with Crippen LogP contribution in [0.4, 0.5) is 5.69 Å². The van der Waals surface area contributed by atoms with Crippen LogP contribution in [0.1, 0.15) is 10.4 Å². The van der Waals surface area contributed by atoms with Crippen molar-refractivity contribution in [3.8, 4) is 0 Å². The van der Waals surface area contributed by atoms with Crippen LogP contribution in [-0.2, 0) is 9.59 Å². The zero-order chi connectivity index (χ0) is 17.4. The Balaban J connectivity index is 2.04. The maximum absolute atomic E-state index is 12.9. The Bertz CT molecular complexity index is 907. The number of carbonyl (C=O) groups is 2. The number of thiophene rings is 1. The quantitative estimate of drug-likeness (QED) is 0.429. The van der Waals surface area contributed by atoms with E-state index in [9.17, 15) is 9.59 Å². The number of nitrogens with zero attached hydrogens (tertiary/aromatic N) is 1. The zero-order valence-electron chi connectivity index (χ0n) is 12.3. The van der Waals surface area contributed by atoms with E-state index >= 15 is 0 Å². The zero-order valence-corrected chi connectivity index (χ0v) is 16.3. The summed E-state index contributed by atoms with van der Waals surface area (Å²) in [4.78, 5) is 27.1. The number of rotatable bonds is 2. The summed E-state index contributed by atoms with van der Waals surface area (Å²) in [6, 6.07) is 8.94. The van der Waals surface area contributed by atoms with Crippen LogP contribution in [0, 0.1) is 6.92 Å². The number of halogens is 2. The highest BCUT2D eigenvalue weighted by molar-refractivity contribution is 9.10. The molecule has 1 aliphatic heterocycles. The van der Waals surface area contributed by atoms with Crippen LogP contribution < -0.4 is 10.2 Å². The first-order chi connectivity index (χ1) is 11.4. The van der Waals surface area contributed by atoms with Gasteiger partial charge in [0.05, 0.1) is 10.0 Å². The van der Waals surface area contributed by atoms with E-state index in [1.54, 1.807) is 18.2 Å². The van der Waals surface area contributed by atoms with Crippen molar-refractivity contribution in [2.45, 2.75) is 6.92 Å². The molecular weight excluding hydrogens is 432 g/mol. The summed E-state index contributed by atoms with van der Waals surface area (Å²) < 4.78 is 1.48. The number of hydrogen-bond donors (Lipinski definition) is 1. The molecule has 2 heterocycles. The second kappa shape index (κ2) is 6.76. The molecule has 0 aliphatic carbocycles. The monoisotopic (exact) mass is 440 g/mol. The number of anilines is 1. The van der Waals surface area contributed by atoms with Crippen LogP contribution in [0.5, 0.6) is 0 Å². The summed E-state index contributed by atoms with van der Waals surface area (Å²) in [5.41, 5.74) is 1.50. The number of hydrogen-bond acceptors (Lipinski definition) is 4. The highest BCUT2D eigenvalue weighted by Gasteiger charge is 2.35. The van der Waals surface area contributed by atoms with Crippen molar-refractivity contribution in [1.82, 2.24) is 5.32 Å². The number of aryl methyl sites for hydroxylation is 1. The van der Waals surface area contributed by atoms with Crippen LogP contribution in [-0.4, -0.2) is 16.9 Å². The molecule has 1 aliphatic rings. The lowest BCUT2D eigenvalue weighted by Gasteiger charge is -2.30. The maximum Gasteiger partial charge on any atom is 0.270 e. The molecule has 1 aromatic carbocycles. The fourth-order valence-corrected chi connectivity index (χ4v) is 4.05. The van der Waals surface area contributed by atoms with Crippen molar-refractivity contribution in [2.24, 2.45) is 0 Å². The van der Waals surface area contributed by atoms with E-state index in [0.29, 0.717) is 10.0 Å². The fourth-order valence-electron chi connectivity index (χ4n) is 2.29. The van der Waals surface area contributed by atoms with Crippen molar-refractivity contribution in [2.75, 3.05) is 4.90 Å². The predicted molar refractivity (Wildman–Crippen MR) is 104 cm³/mol. The largest absolute Gasteiger partial charge is 0.298 e. The van der Waals surface area contributed by atoms with Crippen LogP contribution >= 0.6 is 51.1 Å². The molecule has 0 bridgehead atoms. The summed E-state index contributed by atoms with van der Waals surface area (Å²) in [7, 11) is 0. The molecule has 122 valence electrons. The average Bonchev–Trinajstić information content (AvgIpc) is 2.91. The molecule has 3 rings (SSSR count). The van der Waals surface area contributed by atoms with Crippen LogP contribution in [0.3, 0.4) is 0 Å². The van der Waals surface area contributed by atoms with Gasteiger partial charge in [-0.25, -0.2) is 0 Å². The molecule has 0 atom stereocenters. The first-order valence-corrected chi connectivity index (χ1v) is 9.19. The average molecular weight is 442 g/mol. The van der Waals surface area contributed by atoms with E-state index in [1.807, 2.05) is 19.1 Å². The standard InChI is InChI=1S/C16H10BrClN2O2S2/c1-8-6-9(17)2-4-12(8)20-15(22)11(14(21)19-16(20)23)7-10-3-5-13(18)24-10/h2-7H,1H3,(H,19,21,23)/b11-7-. The normalized spacial score (nSPS) is 16.7. The Morgan fingerprint density at radius 2 is 2.04 bits per heavy atom. The van der Waals surface area contributed by atoms with Crippen molar-refractivity contribution in [3.05, 3.63) is 55.2 Å². The molecule has 0 unspecified atom stereocenters. The molecule has 8 heteroatoms. The van der Waals surface area contributed by atoms with Gasteiger partial charge in [0.2, 0.25) is 0 Å². The Kier molecular flexibility index (Phi) is 4.87. The van der Waals surface area contributed by atoms with E-state index in [1.165, 1.54) is 22.3 Å². The predicted octanol–water partition coefficient (Wildman–Crippen LogP) is 4.30. The van der Waals surface area contributed by atoms with Gasteiger partial charge in [0.1, 0.15) is 5.57 Å². The summed E-state index contributed by atoms with van der Waals surface area (Å²) in [6.45, 7) is 1.87. The minimum atomic E-state index is -0.513.